The van der Waals surface area contributed by atoms with Crippen LogP contribution in [0.25, 0.3) is 116 Å². The van der Waals surface area contributed by atoms with Gasteiger partial charge in [-0.25, -0.2) is 0 Å². The van der Waals surface area contributed by atoms with Crippen molar-refractivity contribution < 1.29 is 0 Å². The molecule has 0 spiro atoms. The van der Waals surface area contributed by atoms with Crippen LogP contribution in [0.5, 0.6) is 0 Å². The minimum absolute atomic E-state index is 0.401. The first-order chi connectivity index (χ1) is 37.6. The summed E-state index contributed by atoms with van der Waals surface area (Å²) in [6.45, 7) is 4.59. The summed E-state index contributed by atoms with van der Waals surface area (Å²) in [7, 11) is 0. The monoisotopic (exact) mass is 968 g/mol. The van der Waals surface area contributed by atoms with E-state index in [1.165, 1.54) is 98.7 Å². The Morgan fingerprint density at radius 2 is 0.776 bits per heavy atom. The Morgan fingerprint density at radius 1 is 0.368 bits per heavy atom. The van der Waals surface area contributed by atoms with Crippen LogP contribution < -0.4 is 0 Å². The Morgan fingerprint density at radius 3 is 1.30 bits per heavy atom. The number of nitrogens with zero attached hydrogens (tertiary/aromatic N) is 1. The van der Waals surface area contributed by atoms with Gasteiger partial charge < -0.3 is 0 Å². The van der Waals surface area contributed by atoms with E-state index < -0.39 is 0 Å². The number of rotatable bonds is 10. The smallest absolute Gasteiger partial charge is 0.136 e. The molecule has 76 heavy (non-hydrogen) atoms. The highest BCUT2D eigenvalue weighted by molar-refractivity contribution is 6.26. The second-order valence-electron chi connectivity index (χ2n) is 20.3. The molecular weight excluding hydrogens is 917 g/mol. The van der Waals surface area contributed by atoms with Gasteiger partial charge in [0.25, 0.3) is 0 Å². The molecule has 2 unspecified atom stereocenters. The van der Waals surface area contributed by atoms with Crippen LogP contribution in [0, 0.1) is 17.2 Å². The fraction of sp³-hybridized carbons (Fsp3) is 0.0405. The molecule has 358 valence electrons. The molecule has 0 aliphatic heterocycles. The van der Waals surface area contributed by atoms with Gasteiger partial charge in [0, 0.05) is 22.9 Å². The molecule has 1 saturated carbocycles. The molecular formula is C74H52N2. The van der Waals surface area contributed by atoms with Gasteiger partial charge in [0.2, 0.25) is 0 Å². The molecule has 2 aliphatic rings. The van der Waals surface area contributed by atoms with Crippen LogP contribution in [0.15, 0.2) is 285 Å². The van der Waals surface area contributed by atoms with Crippen LogP contribution in [0.2, 0.25) is 0 Å². The van der Waals surface area contributed by atoms with Crippen molar-refractivity contribution in [3.63, 3.8) is 0 Å². The fourth-order valence-corrected chi connectivity index (χ4v) is 12.3. The molecule has 0 saturated heterocycles. The van der Waals surface area contributed by atoms with E-state index in [0.717, 1.165) is 40.1 Å². The molecule has 2 heteroatoms. The Hall–Kier alpha value is -9.63. The molecule has 2 atom stereocenters. The lowest BCUT2D eigenvalue weighted by atomic mass is 9.80. The van der Waals surface area contributed by atoms with E-state index in [0.29, 0.717) is 17.7 Å². The summed E-state index contributed by atoms with van der Waals surface area (Å²) in [5.74, 6) is 1.36. The summed E-state index contributed by atoms with van der Waals surface area (Å²) in [6.07, 6.45) is 7.73. The SMILES string of the molecule is C=C(c1ccccc1)N(C(=N)c1ccc(-c2c3ccccc3c(-c3ccc4c(-c5ccccc5-c5ccccc5)c5ccccc5c(-c5ccccc5-c5ccccc5)c4c3)c3ccccc23)cc1)C1=CC=CC2CC12. The molecule has 0 heterocycles. The molecule has 14 rings (SSSR count). The third-order valence-corrected chi connectivity index (χ3v) is 16.0. The van der Waals surface area contributed by atoms with Gasteiger partial charge in [-0.1, -0.05) is 267 Å². The molecule has 12 aromatic carbocycles. The lowest BCUT2D eigenvalue weighted by Crippen LogP contribution is -2.30. The van der Waals surface area contributed by atoms with Gasteiger partial charge in [-0.05, 0) is 140 Å². The van der Waals surface area contributed by atoms with Crippen LogP contribution in [0.4, 0.5) is 0 Å². The molecule has 1 N–H and O–H groups in total. The van der Waals surface area contributed by atoms with Gasteiger partial charge in [-0.15, -0.1) is 0 Å². The van der Waals surface area contributed by atoms with Crippen molar-refractivity contribution in [2.45, 2.75) is 6.42 Å². The predicted molar refractivity (Wildman–Crippen MR) is 322 cm³/mol. The quantitative estimate of drug-likeness (QED) is 0.0825. The molecule has 12 aromatic rings. The third kappa shape index (κ3) is 7.60. The minimum atomic E-state index is 0.401. The number of amidine groups is 1. The maximum atomic E-state index is 9.81. The zero-order chi connectivity index (χ0) is 50.7. The van der Waals surface area contributed by atoms with Gasteiger partial charge >= 0.3 is 0 Å². The average Bonchev–Trinajstić information content (AvgIpc) is 4.30. The average molecular weight is 969 g/mol. The van der Waals surface area contributed by atoms with Crippen LogP contribution in [-0.4, -0.2) is 10.7 Å². The van der Waals surface area contributed by atoms with Crippen molar-refractivity contribution in [2.24, 2.45) is 11.8 Å². The van der Waals surface area contributed by atoms with Gasteiger partial charge in [0.05, 0.1) is 0 Å². The lowest BCUT2D eigenvalue weighted by molar-refractivity contribution is 0.633. The van der Waals surface area contributed by atoms with E-state index in [-0.39, 0.29) is 0 Å². The topological polar surface area (TPSA) is 27.1 Å². The van der Waals surface area contributed by atoms with E-state index >= 15 is 0 Å². The zero-order valence-corrected chi connectivity index (χ0v) is 42.0. The summed E-state index contributed by atoms with van der Waals surface area (Å²) in [4.78, 5) is 2.08. The van der Waals surface area contributed by atoms with E-state index in [2.05, 4.69) is 266 Å². The van der Waals surface area contributed by atoms with Crippen LogP contribution in [-0.2, 0) is 0 Å². The summed E-state index contributed by atoms with van der Waals surface area (Å²) >= 11 is 0. The minimum Gasteiger partial charge on any atom is -0.299 e. The summed E-state index contributed by atoms with van der Waals surface area (Å²) < 4.78 is 0. The Bertz CT molecular complexity index is 4280. The van der Waals surface area contributed by atoms with Gasteiger partial charge in [-0.2, -0.15) is 0 Å². The number of hydrogen-bond acceptors (Lipinski definition) is 1. The number of nitrogens with one attached hydrogen (secondary N) is 1. The van der Waals surface area contributed by atoms with E-state index in [4.69, 9.17) is 0 Å². The zero-order valence-electron chi connectivity index (χ0n) is 42.0. The molecule has 2 aliphatic carbocycles. The van der Waals surface area contributed by atoms with Crippen molar-refractivity contribution >= 4 is 54.6 Å². The Labute approximate surface area is 444 Å². The van der Waals surface area contributed by atoms with Crippen LogP contribution >= 0.6 is 0 Å². The normalized spacial score (nSPS) is 14.7. The van der Waals surface area contributed by atoms with Gasteiger partial charge in [-0.3, -0.25) is 10.3 Å². The highest BCUT2D eigenvalue weighted by atomic mass is 15.2. The second-order valence-corrected chi connectivity index (χ2v) is 20.3. The van der Waals surface area contributed by atoms with E-state index in [9.17, 15) is 5.41 Å². The highest BCUT2D eigenvalue weighted by Gasteiger charge is 2.43. The van der Waals surface area contributed by atoms with Gasteiger partial charge in [0.1, 0.15) is 5.84 Å². The number of allylic oxidation sites excluding steroid dienone is 4. The summed E-state index contributed by atoms with van der Waals surface area (Å²) in [5, 5.41) is 19.4. The molecule has 0 bridgehead atoms. The first-order valence-corrected chi connectivity index (χ1v) is 26.4. The van der Waals surface area contributed by atoms with Crippen molar-refractivity contribution in [3.8, 4) is 66.8 Å². The number of hydrogen-bond donors (Lipinski definition) is 1. The lowest BCUT2D eigenvalue weighted by Gasteiger charge is -2.31. The largest absolute Gasteiger partial charge is 0.299 e. The predicted octanol–water partition coefficient (Wildman–Crippen LogP) is 19.7. The summed E-state index contributed by atoms with van der Waals surface area (Å²) in [6, 6.07) is 92.5. The molecule has 0 radical (unpaired) electrons. The van der Waals surface area contributed by atoms with Crippen molar-refractivity contribution in [1.29, 1.82) is 5.41 Å². The van der Waals surface area contributed by atoms with Crippen LogP contribution in [0.1, 0.15) is 17.5 Å². The molecule has 2 nitrogen and oxygen atoms in total. The Kier molecular flexibility index (Phi) is 11.1. The maximum absolute atomic E-state index is 9.81. The van der Waals surface area contributed by atoms with Crippen molar-refractivity contribution in [3.05, 3.63) is 296 Å². The van der Waals surface area contributed by atoms with Crippen molar-refractivity contribution in [1.82, 2.24) is 4.90 Å². The molecule has 0 aromatic heterocycles. The van der Waals surface area contributed by atoms with Crippen LogP contribution in [0.3, 0.4) is 0 Å². The third-order valence-electron chi connectivity index (χ3n) is 16.0. The second kappa shape index (κ2) is 18.7. The number of benzene rings is 12. The van der Waals surface area contributed by atoms with Gasteiger partial charge in [0.15, 0.2) is 0 Å². The molecule has 1 fully saturated rings. The summed E-state index contributed by atoms with van der Waals surface area (Å²) in [5.41, 5.74) is 18.1. The first-order valence-electron chi connectivity index (χ1n) is 26.4. The van der Waals surface area contributed by atoms with Crippen molar-refractivity contribution in [2.75, 3.05) is 0 Å². The van der Waals surface area contributed by atoms with E-state index in [1.54, 1.807) is 0 Å². The Balaban J connectivity index is 0.972. The highest BCUT2D eigenvalue weighted by Crippen LogP contribution is 2.52. The molecule has 0 amide bonds. The standard InChI is InChI=1S/C74H52N2/c1-48(49-22-5-2-6-23-49)76(69-39-21-28-54-46-67(54)69)74(75)53-42-40-52(41-43-53)70-60-33-15-17-35-62(60)71(63-36-18-16-34-61(63)70)55-44-45-66-68(47-55)73(59-32-14-12-30-57(59)51-26-9-4-10-27-51)65-38-20-19-37-64(65)72(66)58-31-13-11-29-56(58)50-24-7-3-8-25-50/h2-45,47,54,67,75H,1,46H2. The number of fused-ring (bicyclic) bond motifs is 5. The van der Waals surface area contributed by atoms with E-state index in [1.807, 2.05) is 18.2 Å². The fourth-order valence-electron chi connectivity index (χ4n) is 12.3. The maximum Gasteiger partial charge on any atom is 0.136 e. The first kappa shape index (κ1) is 45.0.